The van der Waals surface area contributed by atoms with E-state index >= 15 is 0 Å². The van der Waals surface area contributed by atoms with Gasteiger partial charge in [-0.05, 0) is 6.92 Å². The van der Waals surface area contributed by atoms with Crippen molar-refractivity contribution in [3.05, 3.63) is 12.7 Å². The number of ether oxygens (including phenoxy) is 1. The van der Waals surface area contributed by atoms with Gasteiger partial charge in [0.25, 0.3) is 0 Å². The number of methoxy groups -OCH3 is 1. The van der Waals surface area contributed by atoms with Crippen LogP contribution in [0.1, 0.15) is 13.8 Å². The van der Waals surface area contributed by atoms with Gasteiger partial charge in [0.05, 0.1) is 7.11 Å². The molecule has 0 rings (SSSR count). The van der Waals surface area contributed by atoms with Gasteiger partial charge in [0.15, 0.2) is 5.41 Å². The van der Waals surface area contributed by atoms with E-state index in [0.29, 0.717) is 0 Å². The molecule has 0 amide bonds. The highest BCUT2D eigenvalue weighted by atomic mass is 16.5. The van der Waals surface area contributed by atoms with E-state index in [-0.39, 0.29) is 0 Å². The third kappa shape index (κ3) is 1.88. The molecule has 0 bridgehead atoms. The van der Waals surface area contributed by atoms with Crippen molar-refractivity contribution in [3.8, 4) is 0 Å². The van der Waals surface area contributed by atoms with Crippen LogP contribution in [0.3, 0.4) is 0 Å². The zero-order valence-electron chi connectivity index (χ0n) is 8.03. The summed E-state index contributed by atoms with van der Waals surface area (Å²) < 4.78 is 4.43. The fraction of sp³-hybridized carbons (Fsp3) is 0.556. The Kier molecular flexibility index (Phi) is 3.66. The minimum atomic E-state index is -1.55. The summed E-state index contributed by atoms with van der Waals surface area (Å²) in [6.45, 7) is 6.39. The van der Waals surface area contributed by atoms with Gasteiger partial charge >= 0.3 is 11.9 Å². The maximum atomic E-state index is 11.2. The molecule has 0 spiro atoms. The molecule has 0 aromatic heterocycles. The molecule has 0 saturated carbocycles. The van der Waals surface area contributed by atoms with Crippen molar-refractivity contribution in [1.29, 1.82) is 0 Å². The number of carbonyl (C=O) groups is 2. The molecule has 0 aromatic rings. The summed E-state index contributed by atoms with van der Waals surface area (Å²) in [6.07, 6.45) is 1.42. The topological polar surface area (TPSA) is 63.6 Å². The highest BCUT2D eigenvalue weighted by molar-refractivity contribution is 5.99. The third-order valence-corrected chi connectivity index (χ3v) is 2.32. The summed E-state index contributed by atoms with van der Waals surface area (Å²) in [6, 6.07) is 0. The van der Waals surface area contributed by atoms with Crippen molar-refractivity contribution in [2.75, 3.05) is 7.11 Å². The van der Waals surface area contributed by atoms with Gasteiger partial charge in [0, 0.05) is 5.92 Å². The van der Waals surface area contributed by atoms with Crippen LogP contribution in [0.2, 0.25) is 0 Å². The minimum absolute atomic E-state index is 0.475. The van der Waals surface area contributed by atoms with E-state index < -0.39 is 23.3 Å². The predicted octanol–water partition coefficient (Wildman–Crippen LogP) is 1.07. The van der Waals surface area contributed by atoms with Gasteiger partial charge in [-0.1, -0.05) is 13.0 Å². The first-order chi connectivity index (χ1) is 5.91. The van der Waals surface area contributed by atoms with Gasteiger partial charge in [-0.25, -0.2) is 0 Å². The van der Waals surface area contributed by atoms with E-state index in [1.54, 1.807) is 6.92 Å². The van der Waals surface area contributed by atoms with Gasteiger partial charge in [-0.15, -0.1) is 6.58 Å². The molecule has 4 heteroatoms. The predicted molar refractivity (Wildman–Crippen MR) is 47.1 cm³/mol. The average molecular weight is 186 g/mol. The lowest BCUT2D eigenvalue weighted by Crippen LogP contribution is -2.42. The van der Waals surface area contributed by atoms with E-state index in [9.17, 15) is 9.59 Å². The third-order valence-electron chi connectivity index (χ3n) is 2.32. The molecule has 13 heavy (non-hydrogen) atoms. The number of esters is 1. The highest BCUT2D eigenvalue weighted by Gasteiger charge is 2.46. The molecule has 0 aliphatic rings. The molecule has 1 N–H and O–H groups in total. The molecule has 74 valence electrons. The number of carboxylic acids is 1. The maximum Gasteiger partial charge on any atom is 0.323 e. The summed E-state index contributed by atoms with van der Waals surface area (Å²) in [5.74, 6) is -2.43. The molecule has 0 aliphatic heterocycles. The average Bonchev–Trinajstić information content (AvgIpc) is 2.13. The fourth-order valence-electron chi connectivity index (χ4n) is 0.916. The van der Waals surface area contributed by atoms with Crippen LogP contribution in [0.15, 0.2) is 12.7 Å². The molecule has 0 heterocycles. The van der Waals surface area contributed by atoms with Crippen molar-refractivity contribution >= 4 is 11.9 Å². The minimum Gasteiger partial charge on any atom is -0.480 e. The maximum absolute atomic E-state index is 11.2. The van der Waals surface area contributed by atoms with Crippen molar-refractivity contribution < 1.29 is 19.4 Å². The van der Waals surface area contributed by atoms with Crippen molar-refractivity contribution in [3.63, 3.8) is 0 Å². The highest BCUT2D eigenvalue weighted by Crippen LogP contribution is 2.29. The summed E-state index contributed by atoms with van der Waals surface area (Å²) >= 11 is 0. The first kappa shape index (κ1) is 11.7. The summed E-state index contributed by atoms with van der Waals surface area (Å²) in [5.41, 5.74) is -1.55. The number of carboxylic acid groups (broad SMARTS) is 1. The van der Waals surface area contributed by atoms with Crippen molar-refractivity contribution in [2.45, 2.75) is 13.8 Å². The second-order valence-corrected chi connectivity index (χ2v) is 3.02. The Hall–Kier alpha value is -1.32. The molecular formula is C9H14O4. The van der Waals surface area contributed by atoms with Crippen LogP contribution in [-0.2, 0) is 14.3 Å². The van der Waals surface area contributed by atoms with Gasteiger partial charge in [-0.2, -0.15) is 0 Å². The molecule has 2 unspecified atom stereocenters. The van der Waals surface area contributed by atoms with Crippen LogP contribution in [-0.4, -0.2) is 24.2 Å². The lowest BCUT2D eigenvalue weighted by molar-refractivity contribution is -0.168. The summed E-state index contributed by atoms with van der Waals surface area (Å²) in [5, 5.41) is 8.89. The molecule has 0 radical (unpaired) electrons. The Morgan fingerprint density at radius 1 is 1.62 bits per heavy atom. The van der Waals surface area contributed by atoms with Gasteiger partial charge in [0.2, 0.25) is 0 Å². The zero-order chi connectivity index (χ0) is 10.6. The number of rotatable bonds is 4. The molecular weight excluding hydrogens is 172 g/mol. The number of hydrogen-bond acceptors (Lipinski definition) is 3. The lowest BCUT2D eigenvalue weighted by Gasteiger charge is -2.25. The summed E-state index contributed by atoms with van der Waals surface area (Å²) in [4.78, 5) is 22.1. The number of allylic oxidation sites excluding steroid dienone is 1. The first-order valence-electron chi connectivity index (χ1n) is 3.85. The van der Waals surface area contributed by atoms with Crippen molar-refractivity contribution in [1.82, 2.24) is 0 Å². The van der Waals surface area contributed by atoms with Crippen LogP contribution >= 0.6 is 0 Å². The monoisotopic (exact) mass is 186 g/mol. The smallest absolute Gasteiger partial charge is 0.323 e. The normalized spacial score (nSPS) is 16.8. The van der Waals surface area contributed by atoms with Gasteiger partial charge in [0.1, 0.15) is 0 Å². The van der Waals surface area contributed by atoms with Crippen molar-refractivity contribution in [2.24, 2.45) is 11.3 Å². The molecule has 0 fully saturated rings. The van der Waals surface area contributed by atoms with Crippen LogP contribution in [0.25, 0.3) is 0 Å². The zero-order valence-corrected chi connectivity index (χ0v) is 8.03. The molecule has 0 aromatic carbocycles. The van der Waals surface area contributed by atoms with E-state index in [2.05, 4.69) is 11.3 Å². The Morgan fingerprint density at radius 3 is 2.31 bits per heavy atom. The molecule has 4 nitrogen and oxygen atoms in total. The Bertz CT molecular complexity index is 234. The SMILES string of the molecule is C=CC(C)C(C)(C(=O)O)C(=O)OC. The standard InChI is InChI=1S/C9H14O4/c1-5-6(2)9(3,7(10)11)8(12)13-4/h5-6H,1H2,2-4H3,(H,10,11). The Morgan fingerprint density at radius 2 is 2.08 bits per heavy atom. The Balaban J connectivity index is 5.05. The van der Waals surface area contributed by atoms with Crippen LogP contribution < -0.4 is 0 Å². The van der Waals surface area contributed by atoms with Crippen LogP contribution in [0.5, 0.6) is 0 Å². The second-order valence-electron chi connectivity index (χ2n) is 3.02. The number of carbonyl (C=O) groups excluding carboxylic acids is 1. The van der Waals surface area contributed by atoms with Gasteiger partial charge in [-0.3, -0.25) is 9.59 Å². The number of hydrogen-bond donors (Lipinski definition) is 1. The largest absolute Gasteiger partial charge is 0.480 e. The second kappa shape index (κ2) is 4.07. The molecule has 0 aliphatic carbocycles. The van der Waals surface area contributed by atoms with Crippen LogP contribution in [0, 0.1) is 11.3 Å². The van der Waals surface area contributed by atoms with E-state index in [1.807, 2.05) is 0 Å². The van der Waals surface area contributed by atoms with Crippen LogP contribution in [0.4, 0.5) is 0 Å². The van der Waals surface area contributed by atoms with E-state index in [4.69, 9.17) is 5.11 Å². The van der Waals surface area contributed by atoms with Gasteiger partial charge < -0.3 is 9.84 Å². The number of aliphatic carboxylic acids is 1. The first-order valence-corrected chi connectivity index (χ1v) is 3.85. The fourth-order valence-corrected chi connectivity index (χ4v) is 0.916. The molecule has 2 atom stereocenters. The quantitative estimate of drug-likeness (QED) is 0.405. The Labute approximate surface area is 77.2 Å². The lowest BCUT2D eigenvalue weighted by atomic mass is 9.78. The molecule has 0 saturated heterocycles. The van der Waals surface area contributed by atoms with E-state index in [0.717, 1.165) is 0 Å². The van der Waals surface area contributed by atoms with E-state index in [1.165, 1.54) is 20.1 Å². The summed E-state index contributed by atoms with van der Waals surface area (Å²) in [7, 11) is 1.17.